The van der Waals surface area contributed by atoms with Crippen LogP contribution in [-0.4, -0.2) is 29.7 Å². The lowest BCUT2D eigenvalue weighted by atomic mass is 10.1. The Labute approximate surface area is 143 Å². The quantitative estimate of drug-likeness (QED) is 0.838. The standard InChI is InChI=1S/C16H17ClF2N4O/c1-9-21-15(20)7-16(22-9)23-3-2-4-24-8-14(23)10-5-12(18)13(19)6-11(10)17/h5-7,14H,2-4,8H2,1H3,(H2,20,21,22). The van der Waals surface area contributed by atoms with E-state index in [2.05, 4.69) is 9.97 Å². The van der Waals surface area contributed by atoms with Crippen molar-refractivity contribution in [1.29, 1.82) is 0 Å². The van der Waals surface area contributed by atoms with Crippen molar-refractivity contribution < 1.29 is 13.5 Å². The average Bonchev–Trinajstić information content (AvgIpc) is 2.75. The van der Waals surface area contributed by atoms with Gasteiger partial charge in [-0.2, -0.15) is 0 Å². The fourth-order valence-corrected chi connectivity index (χ4v) is 3.10. The molecule has 1 aliphatic rings. The first-order chi connectivity index (χ1) is 11.5. The van der Waals surface area contributed by atoms with Crippen LogP contribution in [0.5, 0.6) is 0 Å². The van der Waals surface area contributed by atoms with Gasteiger partial charge in [-0.3, -0.25) is 0 Å². The van der Waals surface area contributed by atoms with E-state index in [1.54, 1.807) is 13.0 Å². The summed E-state index contributed by atoms with van der Waals surface area (Å²) in [7, 11) is 0. The maximum atomic E-state index is 13.7. The molecule has 0 saturated carbocycles. The Hall–Kier alpha value is -1.99. The summed E-state index contributed by atoms with van der Waals surface area (Å²) in [5, 5.41) is 0.146. The number of hydrogen-bond acceptors (Lipinski definition) is 5. The molecule has 128 valence electrons. The summed E-state index contributed by atoms with van der Waals surface area (Å²) in [6.07, 6.45) is 0.765. The minimum atomic E-state index is -0.980. The van der Waals surface area contributed by atoms with Crippen molar-refractivity contribution in [3.05, 3.63) is 46.2 Å². The number of ether oxygens (including phenoxy) is 1. The number of aromatic nitrogens is 2. The Morgan fingerprint density at radius 2 is 2.00 bits per heavy atom. The van der Waals surface area contributed by atoms with Gasteiger partial charge in [0, 0.05) is 24.2 Å². The third-order valence-corrected chi connectivity index (χ3v) is 4.20. The van der Waals surface area contributed by atoms with Crippen molar-refractivity contribution in [3.8, 4) is 0 Å². The molecule has 0 amide bonds. The van der Waals surface area contributed by atoms with E-state index in [0.717, 1.165) is 18.6 Å². The van der Waals surface area contributed by atoms with Crippen molar-refractivity contribution >= 4 is 23.2 Å². The summed E-state index contributed by atoms with van der Waals surface area (Å²) in [4.78, 5) is 10.4. The summed E-state index contributed by atoms with van der Waals surface area (Å²) in [5.41, 5.74) is 6.27. The zero-order chi connectivity index (χ0) is 17.3. The number of hydrogen-bond donors (Lipinski definition) is 1. The Morgan fingerprint density at radius 3 is 2.75 bits per heavy atom. The van der Waals surface area contributed by atoms with Crippen molar-refractivity contribution in [1.82, 2.24) is 9.97 Å². The molecule has 24 heavy (non-hydrogen) atoms. The average molecular weight is 355 g/mol. The highest BCUT2D eigenvalue weighted by Gasteiger charge is 2.28. The Morgan fingerprint density at radius 1 is 1.25 bits per heavy atom. The van der Waals surface area contributed by atoms with Gasteiger partial charge >= 0.3 is 0 Å². The molecule has 0 spiro atoms. The van der Waals surface area contributed by atoms with Gasteiger partial charge in [0.25, 0.3) is 0 Å². The van der Waals surface area contributed by atoms with E-state index in [1.165, 1.54) is 0 Å². The van der Waals surface area contributed by atoms with Gasteiger partial charge in [-0.25, -0.2) is 18.7 Å². The number of nitrogens with zero attached hydrogens (tertiary/aromatic N) is 3. The highest BCUT2D eigenvalue weighted by atomic mass is 35.5. The van der Waals surface area contributed by atoms with Gasteiger partial charge in [0.05, 0.1) is 12.6 Å². The molecule has 0 aliphatic carbocycles. The first kappa shape index (κ1) is 16.9. The molecule has 1 aromatic heterocycles. The largest absolute Gasteiger partial charge is 0.384 e. The van der Waals surface area contributed by atoms with E-state index < -0.39 is 17.7 Å². The third-order valence-electron chi connectivity index (χ3n) is 3.88. The highest BCUT2D eigenvalue weighted by molar-refractivity contribution is 6.31. The molecular formula is C16H17ClF2N4O. The van der Waals surface area contributed by atoms with Gasteiger partial charge in [-0.1, -0.05) is 11.6 Å². The molecule has 2 heterocycles. The summed E-state index contributed by atoms with van der Waals surface area (Å²) < 4.78 is 32.7. The van der Waals surface area contributed by atoms with Crippen molar-refractivity contribution in [2.45, 2.75) is 19.4 Å². The van der Waals surface area contributed by atoms with Crippen LogP contribution in [0.15, 0.2) is 18.2 Å². The zero-order valence-electron chi connectivity index (χ0n) is 13.1. The second-order valence-corrected chi connectivity index (χ2v) is 6.03. The number of aryl methyl sites for hydroxylation is 1. The Bertz CT molecular complexity index is 739. The van der Waals surface area contributed by atoms with Crippen LogP contribution in [0.1, 0.15) is 23.9 Å². The Balaban J connectivity index is 2.06. The fourth-order valence-electron chi connectivity index (χ4n) is 2.82. The van der Waals surface area contributed by atoms with Crippen LogP contribution in [0.2, 0.25) is 5.02 Å². The smallest absolute Gasteiger partial charge is 0.160 e. The van der Waals surface area contributed by atoms with Crippen LogP contribution in [0.4, 0.5) is 20.4 Å². The number of rotatable bonds is 2. The van der Waals surface area contributed by atoms with Gasteiger partial charge in [0.2, 0.25) is 0 Å². The van der Waals surface area contributed by atoms with Crippen LogP contribution >= 0.6 is 11.6 Å². The molecule has 8 heteroatoms. The topological polar surface area (TPSA) is 64.3 Å². The lowest BCUT2D eigenvalue weighted by molar-refractivity contribution is 0.134. The zero-order valence-corrected chi connectivity index (χ0v) is 13.9. The lowest BCUT2D eigenvalue weighted by Crippen LogP contribution is -2.32. The molecule has 2 N–H and O–H groups in total. The molecule has 1 aromatic carbocycles. The van der Waals surface area contributed by atoms with E-state index in [1.807, 2.05) is 4.90 Å². The van der Waals surface area contributed by atoms with Crippen molar-refractivity contribution in [3.63, 3.8) is 0 Å². The van der Waals surface area contributed by atoms with E-state index in [4.69, 9.17) is 22.1 Å². The molecule has 3 rings (SSSR count). The summed E-state index contributed by atoms with van der Waals surface area (Å²) in [6, 6.07) is 3.35. The number of benzene rings is 1. The van der Waals surface area contributed by atoms with E-state index in [-0.39, 0.29) is 11.6 Å². The molecule has 1 unspecified atom stereocenters. The second kappa shape index (κ2) is 6.86. The molecule has 0 radical (unpaired) electrons. The maximum Gasteiger partial charge on any atom is 0.160 e. The summed E-state index contributed by atoms with van der Waals surface area (Å²) in [5.74, 6) is -0.441. The molecule has 1 fully saturated rings. The van der Waals surface area contributed by atoms with E-state index in [0.29, 0.717) is 36.2 Å². The maximum absolute atomic E-state index is 13.7. The van der Waals surface area contributed by atoms with Crippen LogP contribution in [-0.2, 0) is 4.74 Å². The van der Waals surface area contributed by atoms with Crippen LogP contribution < -0.4 is 10.6 Å². The summed E-state index contributed by atoms with van der Waals surface area (Å²) >= 11 is 6.16. The van der Waals surface area contributed by atoms with Crippen molar-refractivity contribution in [2.24, 2.45) is 0 Å². The molecule has 5 nitrogen and oxygen atoms in total. The molecular weight excluding hydrogens is 338 g/mol. The normalized spacial score (nSPS) is 18.5. The molecule has 1 atom stereocenters. The molecule has 0 bridgehead atoms. The number of nitrogens with two attached hydrogens (primary N) is 1. The first-order valence-corrected chi connectivity index (χ1v) is 7.93. The van der Waals surface area contributed by atoms with Gasteiger partial charge in [0.1, 0.15) is 17.5 Å². The Kier molecular flexibility index (Phi) is 4.82. The monoisotopic (exact) mass is 354 g/mol. The molecule has 1 aliphatic heterocycles. The minimum Gasteiger partial charge on any atom is -0.384 e. The number of halogens is 3. The van der Waals surface area contributed by atoms with E-state index >= 15 is 0 Å². The fraction of sp³-hybridized carbons (Fsp3) is 0.375. The van der Waals surface area contributed by atoms with Crippen LogP contribution in [0.25, 0.3) is 0 Å². The van der Waals surface area contributed by atoms with Crippen molar-refractivity contribution in [2.75, 3.05) is 30.4 Å². The molecule has 2 aromatic rings. The SMILES string of the molecule is Cc1nc(N)cc(N2CCCOCC2c2cc(F)c(F)cc2Cl)n1. The summed E-state index contributed by atoms with van der Waals surface area (Å²) in [6.45, 7) is 3.21. The highest BCUT2D eigenvalue weighted by Crippen LogP contribution is 2.34. The van der Waals surface area contributed by atoms with Crippen LogP contribution in [0.3, 0.4) is 0 Å². The predicted molar refractivity (Wildman–Crippen MR) is 88.1 cm³/mol. The van der Waals surface area contributed by atoms with Gasteiger partial charge < -0.3 is 15.4 Å². The predicted octanol–water partition coefficient (Wildman–Crippen LogP) is 3.27. The van der Waals surface area contributed by atoms with E-state index in [9.17, 15) is 8.78 Å². The second-order valence-electron chi connectivity index (χ2n) is 5.62. The lowest BCUT2D eigenvalue weighted by Gasteiger charge is -2.31. The van der Waals surface area contributed by atoms with Gasteiger partial charge in [0.15, 0.2) is 11.6 Å². The van der Waals surface area contributed by atoms with Gasteiger partial charge in [-0.05, 0) is 31.0 Å². The van der Waals surface area contributed by atoms with Crippen LogP contribution in [0, 0.1) is 18.6 Å². The van der Waals surface area contributed by atoms with Gasteiger partial charge in [-0.15, -0.1) is 0 Å². The molecule has 1 saturated heterocycles. The first-order valence-electron chi connectivity index (χ1n) is 7.55. The third kappa shape index (κ3) is 3.42. The number of anilines is 2. The minimum absolute atomic E-state index is 0.146. The number of nitrogen functional groups attached to an aromatic ring is 1.